The maximum atomic E-state index is 11.4. The van der Waals surface area contributed by atoms with Crippen LogP contribution in [0.3, 0.4) is 0 Å². The third-order valence-corrected chi connectivity index (χ3v) is 5.05. The van der Waals surface area contributed by atoms with Gasteiger partial charge >= 0.3 is 5.69 Å². The van der Waals surface area contributed by atoms with E-state index >= 15 is 0 Å². The van der Waals surface area contributed by atoms with E-state index in [-0.39, 0.29) is 53.8 Å². The van der Waals surface area contributed by atoms with E-state index in [0.29, 0.717) is 5.02 Å². The normalized spacial score (nSPS) is 10.7. The molecule has 0 aliphatic carbocycles. The van der Waals surface area contributed by atoms with Gasteiger partial charge in [0, 0.05) is 22.2 Å². The fourth-order valence-corrected chi connectivity index (χ4v) is 4.06. The number of nitrogens with zero attached hydrogens (tertiary/aromatic N) is 1. The van der Waals surface area contributed by atoms with Crippen LogP contribution in [0.4, 0.5) is 5.69 Å². The standard InChI is InChI=1S/C18H7Cl6NO4/c19-8-3-11(21)17(12(22)4-8)28-10-1-2-15(25(26)27)16(7-10)29-18-13(23)5-9(20)6-14(18)24/h1-7H. The molecule has 5 nitrogen and oxygen atoms in total. The van der Waals surface area contributed by atoms with E-state index in [1.165, 1.54) is 42.5 Å². The molecule has 0 unspecified atom stereocenters. The third-order valence-electron chi connectivity index (χ3n) is 3.49. The highest BCUT2D eigenvalue weighted by molar-refractivity contribution is 6.41. The van der Waals surface area contributed by atoms with Gasteiger partial charge in [0.1, 0.15) is 5.75 Å². The summed E-state index contributed by atoms with van der Waals surface area (Å²) in [5.74, 6) is 0.124. The average Bonchev–Trinajstić information content (AvgIpc) is 2.61. The lowest BCUT2D eigenvalue weighted by molar-refractivity contribution is -0.385. The third kappa shape index (κ3) is 5.12. The number of benzene rings is 3. The van der Waals surface area contributed by atoms with Gasteiger partial charge in [-0.15, -0.1) is 0 Å². The summed E-state index contributed by atoms with van der Waals surface area (Å²) >= 11 is 36.2. The minimum absolute atomic E-state index is 0.000501. The fourth-order valence-electron chi connectivity index (χ4n) is 2.27. The Hall–Kier alpha value is -1.60. The lowest BCUT2D eigenvalue weighted by Crippen LogP contribution is -1.96. The number of nitro benzene ring substituents is 1. The monoisotopic (exact) mass is 511 g/mol. The highest BCUT2D eigenvalue weighted by atomic mass is 35.5. The van der Waals surface area contributed by atoms with Gasteiger partial charge < -0.3 is 9.47 Å². The topological polar surface area (TPSA) is 61.6 Å². The SMILES string of the molecule is O=[N+]([O-])c1ccc(Oc2c(Cl)cc(Cl)cc2Cl)cc1Oc1c(Cl)cc(Cl)cc1Cl. The van der Waals surface area contributed by atoms with Crippen molar-refractivity contribution in [2.75, 3.05) is 0 Å². The zero-order valence-electron chi connectivity index (χ0n) is 13.9. The summed E-state index contributed by atoms with van der Waals surface area (Å²) in [6.45, 7) is 0. The van der Waals surface area contributed by atoms with Crippen molar-refractivity contribution in [2.45, 2.75) is 0 Å². The molecule has 150 valence electrons. The van der Waals surface area contributed by atoms with E-state index in [9.17, 15) is 10.1 Å². The van der Waals surface area contributed by atoms with Crippen LogP contribution in [0.5, 0.6) is 23.0 Å². The number of nitro groups is 1. The Bertz CT molecular complexity index is 1080. The van der Waals surface area contributed by atoms with E-state index in [1.54, 1.807) is 0 Å². The molecule has 0 radical (unpaired) electrons. The van der Waals surface area contributed by atoms with Crippen LogP contribution in [-0.2, 0) is 0 Å². The molecule has 3 aromatic rings. The molecule has 0 N–H and O–H groups in total. The summed E-state index contributed by atoms with van der Waals surface area (Å²) < 4.78 is 11.3. The van der Waals surface area contributed by atoms with Crippen LogP contribution in [-0.4, -0.2) is 4.92 Å². The molecule has 0 aliphatic rings. The molecule has 0 heterocycles. The molecule has 0 spiro atoms. The predicted octanol–water partition coefficient (Wildman–Crippen LogP) is 9.10. The Kier molecular flexibility index (Phi) is 6.89. The molecule has 0 amide bonds. The van der Waals surface area contributed by atoms with Crippen LogP contribution in [0, 0.1) is 10.1 Å². The van der Waals surface area contributed by atoms with Crippen LogP contribution >= 0.6 is 69.6 Å². The molecule has 0 aromatic heterocycles. The first-order valence-corrected chi connectivity index (χ1v) is 9.85. The number of halogens is 6. The second kappa shape index (κ2) is 9.04. The maximum absolute atomic E-state index is 11.4. The summed E-state index contributed by atoms with van der Waals surface area (Å²) in [4.78, 5) is 10.8. The van der Waals surface area contributed by atoms with Gasteiger partial charge in [-0.2, -0.15) is 0 Å². The molecule has 0 bridgehead atoms. The molecule has 0 fully saturated rings. The molecule has 3 rings (SSSR count). The Balaban J connectivity index is 2.03. The summed E-state index contributed by atoms with van der Waals surface area (Å²) in [6, 6.07) is 9.51. The van der Waals surface area contributed by atoms with Crippen molar-refractivity contribution in [3.8, 4) is 23.0 Å². The highest BCUT2D eigenvalue weighted by Crippen LogP contribution is 2.44. The summed E-state index contributed by atoms with van der Waals surface area (Å²) in [6.07, 6.45) is 0. The van der Waals surface area contributed by atoms with Crippen molar-refractivity contribution in [2.24, 2.45) is 0 Å². The van der Waals surface area contributed by atoms with E-state index in [2.05, 4.69) is 0 Å². The molecule has 0 atom stereocenters. The van der Waals surface area contributed by atoms with E-state index < -0.39 is 4.92 Å². The van der Waals surface area contributed by atoms with Crippen LogP contribution in [0.2, 0.25) is 30.1 Å². The number of rotatable bonds is 5. The lowest BCUT2D eigenvalue weighted by Gasteiger charge is -2.13. The van der Waals surface area contributed by atoms with E-state index in [1.807, 2.05) is 0 Å². The van der Waals surface area contributed by atoms with E-state index in [4.69, 9.17) is 79.1 Å². The van der Waals surface area contributed by atoms with Crippen molar-refractivity contribution in [1.82, 2.24) is 0 Å². The molecule has 0 saturated carbocycles. The number of ether oxygens (including phenoxy) is 2. The molecular weight excluding hydrogens is 507 g/mol. The van der Waals surface area contributed by atoms with Crippen LogP contribution in [0.15, 0.2) is 42.5 Å². The second-order valence-corrected chi connectivity index (χ2v) is 7.99. The van der Waals surface area contributed by atoms with Gasteiger partial charge in [-0.3, -0.25) is 10.1 Å². The minimum atomic E-state index is -0.626. The van der Waals surface area contributed by atoms with Gasteiger partial charge in [0.15, 0.2) is 11.5 Å². The van der Waals surface area contributed by atoms with Gasteiger partial charge in [0.25, 0.3) is 0 Å². The number of hydrogen-bond donors (Lipinski definition) is 0. The van der Waals surface area contributed by atoms with Gasteiger partial charge in [0.2, 0.25) is 5.75 Å². The zero-order chi connectivity index (χ0) is 21.3. The van der Waals surface area contributed by atoms with Crippen molar-refractivity contribution >= 4 is 75.3 Å². The first-order chi connectivity index (χ1) is 13.7. The van der Waals surface area contributed by atoms with Crippen molar-refractivity contribution in [1.29, 1.82) is 0 Å². The van der Waals surface area contributed by atoms with E-state index in [0.717, 1.165) is 0 Å². The van der Waals surface area contributed by atoms with Crippen LogP contribution in [0.1, 0.15) is 0 Å². The van der Waals surface area contributed by atoms with Crippen LogP contribution in [0.25, 0.3) is 0 Å². The molecule has 0 saturated heterocycles. The average molecular weight is 514 g/mol. The summed E-state index contributed by atoms with van der Waals surface area (Å²) in [5.41, 5.74) is -0.340. The largest absolute Gasteiger partial charge is 0.454 e. The van der Waals surface area contributed by atoms with Crippen molar-refractivity contribution < 1.29 is 14.4 Å². The van der Waals surface area contributed by atoms with Gasteiger partial charge in [-0.1, -0.05) is 69.6 Å². The smallest absolute Gasteiger partial charge is 0.311 e. The van der Waals surface area contributed by atoms with Gasteiger partial charge in [-0.25, -0.2) is 0 Å². The number of hydrogen-bond acceptors (Lipinski definition) is 4. The molecule has 29 heavy (non-hydrogen) atoms. The van der Waals surface area contributed by atoms with Gasteiger partial charge in [0.05, 0.1) is 25.0 Å². The fraction of sp³-hybridized carbons (Fsp3) is 0. The van der Waals surface area contributed by atoms with Crippen molar-refractivity contribution in [3.63, 3.8) is 0 Å². The highest BCUT2D eigenvalue weighted by Gasteiger charge is 2.21. The quantitative estimate of drug-likeness (QED) is 0.252. The Labute approximate surface area is 194 Å². The first-order valence-electron chi connectivity index (χ1n) is 7.59. The summed E-state index contributed by atoms with van der Waals surface area (Å²) in [5, 5.41) is 12.5. The molecule has 11 heteroatoms. The Morgan fingerprint density at radius 2 is 1.14 bits per heavy atom. The van der Waals surface area contributed by atoms with Gasteiger partial charge in [-0.05, 0) is 30.3 Å². The minimum Gasteiger partial charge on any atom is -0.454 e. The predicted molar refractivity (Wildman–Crippen MR) is 116 cm³/mol. The zero-order valence-corrected chi connectivity index (χ0v) is 18.4. The lowest BCUT2D eigenvalue weighted by atomic mass is 10.2. The molecule has 0 aliphatic heterocycles. The molecule has 3 aromatic carbocycles. The second-order valence-electron chi connectivity index (χ2n) is 5.49. The first kappa shape index (κ1) is 22.1. The maximum Gasteiger partial charge on any atom is 0.311 e. The van der Waals surface area contributed by atoms with Crippen LogP contribution < -0.4 is 9.47 Å². The molecular formula is C18H7Cl6NO4. The Morgan fingerprint density at radius 3 is 1.59 bits per heavy atom. The summed E-state index contributed by atoms with van der Waals surface area (Å²) in [7, 11) is 0. The Morgan fingerprint density at radius 1 is 0.690 bits per heavy atom. The van der Waals surface area contributed by atoms with Crippen molar-refractivity contribution in [3.05, 3.63) is 82.7 Å².